The molecule has 186 valence electrons. The number of nitrogens with one attached hydrogen (secondary N) is 3. The molecule has 0 fully saturated rings. The number of aromatic amines is 1. The predicted octanol–water partition coefficient (Wildman–Crippen LogP) is 6.07. The van der Waals surface area contributed by atoms with Crippen LogP contribution in [-0.4, -0.2) is 38.6 Å². The number of H-pyrrole nitrogens is 1. The Morgan fingerprint density at radius 3 is 2.53 bits per heavy atom. The van der Waals surface area contributed by atoms with Crippen LogP contribution in [0.5, 0.6) is 11.5 Å². The summed E-state index contributed by atoms with van der Waals surface area (Å²) < 4.78 is 44.9. The predicted molar refractivity (Wildman–Crippen MR) is 126 cm³/mol. The highest BCUT2D eigenvalue weighted by atomic mass is 35.5. The second-order valence-corrected chi connectivity index (χ2v) is 8.18. The van der Waals surface area contributed by atoms with Gasteiger partial charge in [-0.15, -0.1) is 11.6 Å². The topological polar surface area (TPSA) is 116 Å². The quantitative estimate of drug-likeness (QED) is 0.295. The largest absolute Gasteiger partial charge is 0.478 e. The van der Waals surface area contributed by atoms with Gasteiger partial charge >= 0.3 is 18.2 Å². The Hall–Kier alpha value is -4.25. The van der Waals surface area contributed by atoms with E-state index >= 15 is 0 Å². The van der Waals surface area contributed by atoms with E-state index in [9.17, 15) is 22.8 Å². The third kappa shape index (κ3) is 6.05. The number of carbonyl (C=O) groups excluding carboxylic acids is 1. The first-order chi connectivity index (χ1) is 17.1. The van der Waals surface area contributed by atoms with Crippen LogP contribution >= 0.6 is 11.6 Å². The van der Waals surface area contributed by atoms with Gasteiger partial charge in [0.15, 0.2) is 0 Å². The van der Waals surface area contributed by atoms with Crippen molar-refractivity contribution in [3.05, 3.63) is 83.8 Å². The molecule has 2 amide bonds. The van der Waals surface area contributed by atoms with Crippen molar-refractivity contribution >= 4 is 29.3 Å². The number of amides is 2. The summed E-state index contributed by atoms with van der Waals surface area (Å²) in [6, 6.07) is 10.3. The molecular formula is C24H18ClF3N4O4. The van der Waals surface area contributed by atoms with Crippen molar-refractivity contribution in [1.29, 1.82) is 0 Å². The van der Waals surface area contributed by atoms with E-state index in [1.54, 1.807) is 36.4 Å². The Bertz CT molecular complexity index is 1350. The van der Waals surface area contributed by atoms with Crippen molar-refractivity contribution in [2.75, 3.05) is 5.32 Å². The molecule has 4 rings (SSSR count). The van der Waals surface area contributed by atoms with Gasteiger partial charge in [0.1, 0.15) is 11.5 Å². The third-order valence-electron chi connectivity index (χ3n) is 5.06. The summed E-state index contributed by atoms with van der Waals surface area (Å²) in [6.07, 6.45) is 0.462. The van der Waals surface area contributed by atoms with Gasteiger partial charge in [-0.3, -0.25) is 4.98 Å². The fourth-order valence-electron chi connectivity index (χ4n) is 3.34. The number of urea groups is 1. The standard InChI is InChI=1S/C24H18ClF3N4O4/c25-19-6-3-15(10-18(19)24(26,27)28)32-23(35)31-14-1-4-16(5-2-14)36-17-7-8-29-21(11-17)20-9-13(12-30-20)22(33)34/h1-5,7-12,19,30H,6H2,(H,33,34)(H2,31,32,35). The third-order valence-corrected chi connectivity index (χ3v) is 5.48. The van der Waals surface area contributed by atoms with Gasteiger partial charge in [-0.05, 0) is 48.9 Å². The molecule has 0 spiro atoms. The van der Waals surface area contributed by atoms with E-state index in [-0.39, 0.29) is 17.7 Å². The van der Waals surface area contributed by atoms with E-state index in [0.29, 0.717) is 28.6 Å². The molecule has 3 aromatic rings. The van der Waals surface area contributed by atoms with Crippen LogP contribution < -0.4 is 15.4 Å². The first-order valence-corrected chi connectivity index (χ1v) is 10.9. The molecule has 1 aromatic carbocycles. The number of carbonyl (C=O) groups is 2. The number of ether oxygens (including phenoxy) is 1. The van der Waals surface area contributed by atoms with Crippen LogP contribution in [0.4, 0.5) is 23.7 Å². The van der Waals surface area contributed by atoms with Gasteiger partial charge in [-0.1, -0.05) is 6.08 Å². The monoisotopic (exact) mass is 518 g/mol. The van der Waals surface area contributed by atoms with Crippen LogP contribution in [0.25, 0.3) is 11.4 Å². The lowest BCUT2D eigenvalue weighted by Gasteiger charge is -2.21. The average Bonchev–Trinajstić information content (AvgIpc) is 3.32. The number of allylic oxidation sites excluding steroid dienone is 3. The van der Waals surface area contributed by atoms with Crippen LogP contribution in [0.3, 0.4) is 0 Å². The van der Waals surface area contributed by atoms with E-state index < -0.39 is 29.1 Å². The zero-order chi connectivity index (χ0) is 25.9. The molecule has 1 aliphatic rings. The first-order valence-electron chi connectivity index (χ1n) is 10.5. The van der Waals surface area contributed by atoms with Crippen molar-refractivity contribution < 1.29 is 32.6 Å². The number of halogens is 4. The summed E-state index contributed by atoms with van der Waals surface area (Å²) in [7, 11) is 0. The molecule has 2 aromatic heterocycles. The highest BCUT2D eigenvalue weighted by Crippen LogP contribution is 2.35. The zero-order valence-electron chi connectivity index (χ0n) is 18.3. The molecular weight excluding hydrogens is 501 g/mol. The van der Waals surface area contributed by atoms with E-state index in [1.165, 1.54) is 24.5 Å². The average molecular weight is 519 g/mol. The van der Waals surface area contributed by atoms with Gasteiger partial charge in [0.05, 0.1) is 27.9 Å². The van der Waals surface area contributed by atoms with Gasteiger partial charge < -0.3 is 25.5 Å². The van der Waals surface area contributed by atoms with Crippen LogP contribution in [0, 0.1) is 0 Å². The molecule has 1 aliphatic carbocycles. The van der Waals surface area contributed by atoms with E-state index in [0.717, 1.165) is 6.08 Å². The Kier molecular flexibility index (Phi) is 7.02. The lowest BCUT2D eigenvalue weighted by Crippen LogP contribution is -2.31. The second kappa shape index (κ2) is 10.2. The van der Waals surface area contributed by atoms with Gasteiger partial charge in [0.2, 0.25) is 0 Å². The van der Waals surface area contributed by atoms with Crippen molar-refractivity contribution in [2.45, 2.75) is 18.0 Å². The van der Waals surface area contributed by atoms with Crippen molar-refractivity contribution in [1.82, 2.24) is 15.3 Å². The number of carboxylic acid groups (broad SMARTS) is 1. The lowest BCUT2D eigenvalue weighted by atomic mass is 10.0. The number of aromatic nitrogens is 2. The number of anilines is 1. The number of rotatable bonds is 6. The molecule has 12 heteroatoms. The maximum atomic E-state index is 13.0. The molecule has 0 saturated carbocycles. The van der Waals surface area contributed by atoms with Crippen LogP contribution in [0.2, 0.25) is 0 Å². The second-order valence-electron chi connectivity index (χ2n) is 7.65. The van der Waals surface area contributed by atoms with E-state index in [2.05, 4.69) is 20.6 Å². The van der Waals surface area contributed by atoms with Crippen LogP contribution in [-0.2, 0) is 0 Å². The van der Waals surface area contributed by atoms with E-state index in [4.69, 9.17) is 21.4 Å². The summed E-state index contributed by atoms with van der Waals surface area (Å²) in [6.45, 7) is 0. The number of aromatic carboxylic acids is 1. The summed E-state index contributed by atoms with van der Waals surface area (Å²) >= 11 is 5.72. The molecule has 0 radical (unpaired) electrons. The Labute approximate surface area is 207 Å². The first kappa shape index (κ1) is 24.9. The molecule has 0 aliphatic heterocycles. The Morgan fingerprint density at radius 2 is 1.86 bits per heavy atom. The maximum absolute atomic E-state index is 13.0. The van der Waals surface area contributed by atoms with Gasteiger partial charge in [-0.2, -0.15) is 13.2 Å². The normalized spacial score (nSPS) is 15.5. The highest BCUT2D eigenvalue weighted by molar-refractivity contribution is 6.22. The van der Waals surface area contributed by atoms with Gasteiger partial charge in [-0.25, -0.2) is 9.59 Å². The molecule has 2 heterocycles. The molecule has 0 saturated heterocycles. The molecule has 4 N–H and O–H groups in total. The van der Waals surface area contributed by atoms with Crippen molar-refractivity contribution in [2.24, 2.45) is 0 Å². The zero-order valence-corrected chi connectivity index (χ0v) is 19.0. The highest BCUT2D eigenvalue weighted by Gasteiger charge is 2.39. The van der Waals surface area contributed by atoms with Crippen LogP contribution in [0.15, 0.2) is 78.3 Å². The van der Waals surface area contributed by atoms with Gasteiger partial charge in [0, 0.05) is 29.8 Å². The van der Waals surface area contributed by atoms with E-state index in [1.807, 2.05) is 0 Å². The smallest absolute Gasteiger partial charge is 0.414 e. The maximum Gasteiger partial charge on any atom is 0.414 e. The van der Waals surface area contributed by atoms with Gasteiger partial charge in [0.25, 0.3) is 0 Å². The molecule has 1 unspecified atom stereocenters. The number of benzene rings is 1. The fourth-order valence-corrected chi connectivity index (χ4v) is 3.62. The molecule has 36 heavy (non-hydrogen) atoms. The molecule has 1 atom stereocenters. The lowest BCUT2D eigenvalue weighted by molar-refractivity contribution is -0.0937. The summed E-state index contributed by atoms with van der Waals surface area (Å²) in [5, 5.41) is 12.8. The fraction of sp³-hybridized carbons (Fsp3) is 0.125. The SMILES string of the molecule is O=C(NC1=CCC(Cl)C(C(F)(F)F)=C1)Nc1ccc(Oc2ccnc(-c3cc(C(=O)O)c[nH]3)c2)cc1. The minimum absolute atomic E-state index is 0.00251. The Balaban J connectivity index is 1.37. The number of nitrogens with zero attached hydrogens (tertiary/aromatic N) is 1. The minimum atomic E-state index is -4.58. The number of pyridine rings is 1. The number of alkyl halides is 4. The number of carboxylic acids is 1. The number of hydrogen-bond donors (Lipinski definition) is 4. The Morgan fingerprint density at radius 1 is 1.11 bits per heavy atom. The molecule has 8 nitrogen and oxygen atoms in total. The summed E-state index contributed by atoms with van der Waals surface area (Å²) in [4.78, 5) is 30.3. The summed E-state index contributed by atoms with van der Waals surface area (Å²) in [5.41, 5.74) is 0.564. The molecule has 0 bridgehead atoms. The summed E-state index contributed by atoms with van der Waals surface area (Å²) in [5.74, 6) is -0.176. The minimum Gasteiger partial charge on any atom is -0.478 e. The number of hydrogen-bond acceptors (Lipinski definition) is 4. The van der Waals surface area contributed by atoms with Crippen molar-refractivity contribution in [3.63, 3.8) is 0 Å². The van der Waals surface area contributed by atoms with Crippen LogP contribution in [0.1, 0.15) is 16.8 Å². The van der Waals surface area contributed by atoms with Crippen molar-refractivity contribution in [3.8, 4) is 22.9 Å².